The predicted molar refractivity (Wildman–Crippen MR) is 93.9 cm³/mol. The van der Waals surface area contributed by atoms with Crippen LogP contribution in [0.2, 0.25) is 0 Å². The molecular formula is C16H13F3N4O2S2. The highest BCUT2D eigenvalue weighted by Gasteiger charge is 2.39. The Morgan fingerprint density at radius 3 is 2.63 bits per heavy atom. The first-order chi connectivity index (χ1) is 12.8. The third-order valence-corrected chi connectivity index (χ3v) is 6.55. The number of H-pyrrole nitrogens is 1. The largest absolute Gasteiger partial charge is 0.426 e. The van der Waals surface area contributed by atoms with Crippen LogP contribution in [-0.4, -0.2) is 23.6 Å². The molecule has 0 bridgehead atoms. The van der Waals surface area contributed by atoms with Gasteiger partial charge in [0.2, 0.25) is 0 Å². The number of thiophene rings is 1. The summed E-state index contributed by atoms with van der Waals surface area (Å²) < 4.78 is 66.6. The van der Waals surface area contributed by atoms with E-state index in [1.807, 2.05) is 0 Å². The van der Waals surface area contributed by atoms with Crippen molar-refractivity contribution in [2.45, 2.75) is 29.8 Å². The maximum absolute atomic E-state index is 13.1. The van der Waals surface area contributed by atoms with E-state index in [9.17, 15) is 21.6 Å². The second-order valence-electron chi connectivity index (χ2n) is 6.08. The lowest BCUT2D eigenvalue weighted by Gasteiger charge is -2.12. The normalized spacial score (nSPS) is 15.1. The van der Waals surface area contributed by atoms with Crippen molar-refractivity contribution in [3.05, 3.63) is 46.4 Å². The number of hydrogen-bond donors (Lipinski definition) is 2. The molecule has 1 aliphatic rings. The second kappa shape index (κ2) is 6.34. The zero-order valence-electron chi connectivity index (χ0n) is 13.6. The van der Waals surface area contributed by atoms with Crippen LogP contribution in [0.5, 0.6) is 0 Å². The van der Waals surface area contributed by atoms with Crippen molar-refractivity contribution in [1.29, 1.82) is 0 Å². The fourth-order valence-corrected chi connectivity index (χ4v) is 5.02. The van der Waals surface area contributed by atoms with Gasteiger partial charge in [-0.25, -0.2) is 13.4 Å². The third-order valence-electron chi connectivity index (χ3n) is 4.06. The number of halogens is 3. The summed E-state index contributed by atoms with van der Waals surface area (Å²) in [6, 6.07) is 7.26. The Morgan fingerprint density at radius 1 is 1.19 bits per heavy atom. The van der Waals surface area contributed by atoms with Crippen molar-refractivity contribution in [3.8, 4) is 11.4 Å². The van der Waals surface area contributed by atoms with E-state index in [2.05, 4.69) is 19.9 Å². The van der Waals surface area contributed by atoms with Gasteiger partial charge < -0.3 is 0 Å². The smallest absolute Gasteiger partial charge is 0.279 e. The van der Waals surface area contributed by atoms with Gasteiger partial charge in [0.1, 0.15) is 15.6 Å². The van der Waals surface area contributed by atoms with Gasteiger partial charge in [-0.1, -0.05) is 12.1 Å². The minimum Gasteiger partial charge on any atom is -0.279 e. The first-order valence-electron chi connectivity index (χ1n) is 7.95. The number of para-hydroxylation sites is 1. The minimum atomic E-state index is -4.75. The van der Waals surface area contributed by atoms with Crippen molar-refractivity contribution < 1.29 is 21.6 Å². The standard InChI is InChI=1S/C16H13F3N4O2S2/c17-16(18,19)13-12(7-8-26-13)27(24,25)23-11-4-2-1-3-10(11)15-20-14(21-22-15)9-5-6-9/h1-4,7-9,23H,5-6H2,(H,20,21,22). The van der Waals surface area contributed by atoms with Crippen LogP contribution in [0, 0.1) is 0 Å². The molecule has 11 heteroatoms. The summed E-state index contributed by atoms with van der Waals surface area (Å²) in [6.45, 7) is 0. The number of anilines is 1. The van der Waals surface area contributed by atoms with Crippen LogP contribution in [0.4, 0.5) is 18.9 Å². The summed E-state index contributed by atoms with van der Waals surface area (Å²) in [7, 11) is -4.44. The third kappa shape index (κ3) is 3.56. The quantitative estimate of drug-likeness (QED) is 0.654. The van der Waals surface area contributed by atoms with Gasteiger partial charge in [0, 0.05) is 11.5 Å². The molecule has 6 nitrogen and oxygen atoms in total. The second-order valence-corrected chi connectivity index (χ2v) is 8.65. The van der Waals surface area contributed by atoms with E-state index in [0.717, 1.165) is 30.1 Å². The van der Waals surface area contributed by atoms with Crippen molar-refractivity contribution in [2.24, 2.45) is 0 Å². The molecule has 1 fully saturated rings. The van der Waals surface area contributed by atoms with Crippen LogP contribution in [0.15, 0.2) is 40.6 Å². The molecule has 0 saturated heterocycles. The molecule has 2 heterocycles. The highest BCUT2D eigenvalue weighted by atomic mass is 32.2. The van der Waals surface area contributed by atoms with Gasteiger partial charge in [-0.2, -0.15) is 18.3 Å². The van der Waals surface area contributed by atoms with Crippen LogP contribution >= 0.6 is 11.3 Å². The highest BCUT2D eigenvalue weighted by Crippen LogP contribution is 2.40. The molecule has 4 rings (SSSR count). The molecule has 3 aromatic rings. The average molecular weight is 414 g/mol. The maximum atomic E-state index is 13.1. The lowest BCUT2D eigenvalue weighted by atomic mass is 10.2. The Bertz CT molecular complexity index is 1090. The van der Waals surface area contributed by atoms with Crippen LogP contribution < -0.4 is 4.72 Å². The Kier molecular flexibility index (Phi) is 4.22. The summed E-state index contributed by atoms with van der Waals surface area (Å²) in [6.07, 6.45) is -2.72. The molecule has 0 radical (unpaired) electrons. The molecule has 0 unspecified atom stereocenters. The molecule has 0 amide bonds. The topological polar surface area (TPSA) is 87.7 Å². The summed E-state index contributed by atoms with van der Waals surface area (Å²) in [5.41, 5.74) is 0.492. The number of aromatic amines is 1. The maximum Gasteiger partial charge on any atom is 0.426 e. The molecule has 1 saturated carbocycles. The van der Waals surface area contributed by atoms with E-state index < -0.39 is 26.0 Å². The van der Waals surface area contributed by atoms with Crippen molar-refractivity contribution in [2.75, 3.05) is 4.72 Å². The zero-order chi connectivity index (χ0) is 19.2. The van der Waals surface area contributed by atoms with Gasteiger partial charge in [0.05, 0.1) is 5.69 Å². The molecular weight excluding hydrogens is 401 g/mol. The molecule has 1 aliphatic carbocycles. The van der Waals surface area contributed by atoms with Gasteiger partial charge >= 0.3 is 6.18 Å². The minimum absolute atomic E-state index is 0.109. The summed E-state index contributed by atoms with van der Waals surface area (Å²) in [4.78, 5) is 2.41. The SMILES string of the molecule is O=S(=O)(Nc1ccccc1-c1n[nH]c(C2CC2)n1)c1ccsc1C(F)(F)F. The van der Waals surface area contributed by atoms with Gasteiger partial charge in [-0.05, 0) is 36.4 Å². The summed E-state index contributed by atoms with van der Waals surface area (Å²) in [5, 5.41) is 8.03. The number of aromatic nitrogens is 3. The number of benzene rings is 1. The number of hydrogen-bond acceptors (Lipinski definition) is 5. The van der Waals surface area contributed by atoms with E-state index in [1.54, 1.807) is 18.2 Å². The first kappa shape index (κ1) is 18.0. The number of alkyl halides is 3. The van der Waals surface area contributed by atoms with E-state index in [4.69, 9.17) is 0 Å². The summed E-state index contributed by atoms with van der Waals surface area (Å²) >= 11 is 0.334. The fourth-order valence-electron chi connectivity index (χ4n) is 2.62. The molecule has 0 aliphatic heterocycles. The van der Waals surface area contributed by atoms with Crippen molar-refractivity contribution >= 4 is 27.0 Å². The number of nitrogens with zero attached hydrogens (tertiary/aromatic N) is 2. The fraction of sp³-hybridized carbons (Fsp3) is 0.250. The van der Waals surface area contributed by atoms with Gasteiger partial charge in [0.15, 0.2) is 5.82 Å². The first-order valence-corrected chi connectivity index (χ1v) is 10.3. The lowest BCUT2D eigenvalue weighted by Crippen LogP contribution is -2.17. The molecule has 2 aromatic heterocycles. The monoisotopic (exact) mass is 414 g/mol. The zero-order valence-corrected chi connectivity index (χ0v) is 15.2. The van der Waals surface area contributed by atoms with Gasteiger partial charge in [-0.15, -0.1) is 11.3 Å². The van der Waals surface area contributed by atoms with E-state index in [1.165, 1.54) is 6.07 Å². The van der Waals surface area contributed by atoms with E-state index >= 15 is 0 Å². The van der Waals surface area contributed by atoms with Crippen LogP contribution in [-0.2, 0) is 16.2 Å². The predicted octanol–water partition coefficient (Wildman–Crippen LogP) is 4.23. The Labute approximate surface area is 156 Å². The Morgan fingerprint density at radius 2 is 1.93 bits per heavy atom. The molecule has 27 heavy (non-hydrogen) atoms. The van der Waals surface area contributed by atoms with Gasteiger partial charge in [-0.3, -0.25) is 9.82 Å². The molecule has 142 valence electrons. The summed E-state index contributed by atoms with van der Waals surface area (Å²) in [5.74, 6) is 1.34. The van der Waals surface area contributed by atoms with Crippen molar-refractivity contribution in [1.82, 2.24) is 15.2 Å². The molecule has 1 aromatic carbocycles. The number of nitrogens with one attached hydrogen (secondary N) is 2. The van der Waals surface area contributed by atoms with Crippen molar-refractivity contribution in [3.63, 3.8) is 0 Å². The van der Waals surface area contributed by atoms with E-state index in [0.29, 0.717) is 22.8 Å². The average Bonchev–Trinajstić information content (AvgIpc) is 3.11. The molecule has 2 N–H and O–H groups in total. The van der Waals surface area contributed by atoms with Crippen LogP contribution in [0.1, 0.15) is 29.5 Å². The Balaban J connectivity index is 1.69. The van der Waals surface area contributed by atoms with Crippen LogP contribution in [0.3, 0.4) is 0 Å². The van der Waals surface area contributed by atoms with Crippen LogP contribution in [0.25, 0.3) is 11.4 Å². The highest BCUT2D eigenvalue weighted by molar-refractivity contribution is 7.93. The Hall–Kier alpha value is -2.40. The van der Waals surface area contributed by atoms with E-state index in [-0.39, 0.29) is 11.5 Å². The molecule has 0 atom stereocenters. The number of rotatable bonds is 5. The van der Waals surface area contributed by atoms with Gasteiger partial charge in [0.25, 0.3) is 10.0 Å². The number of sulfonamides is 1. The lowest BCUT2D eigenvalue weighted by molar-refractivity contribution is -0.136. The molecule has 0 spiro atoms.